The van der Waals surface area contributed by atoms with E-state index in [1.807, 2.05) is 13.8 Å². The average Bonchev–Trinajstić information content (AvgIpc) is 2.80. The molecule has 1 heterocycles. The van der Waals surface area contributed by atoms with Crippen molar-refractivity contribution >= 4 is 17.7 Å². The Hall–Kier alpha value is -3.29. The second-order valence-electron chi connectivity index (χ2n) is 8.28. The monoisotopic (exact) mass is 457 g/mol. The Morgan fingerprint density at radius 1 is 1.15 bits per heavy atom. The van der Waals surface area contributed by atoms with Crippen LogP contribution in [0.5, 0.6) is 11.5 Å². The molecule has 1 aliphatic carbocycles. The van der Waals surface area contributed by atoms with Crippen molar-refractivity contribution in [1.82, 2.24) is 5.32 Å². The van der Waals surface area contributed by atoms with Crippen LogP contribution in [0.4, 0.5) is 0 Å². The molecule has 1 aromatic rings. The lowest BCUT2D eigenvalue weighted by molar-refractivity contribution is -0.151. The molecule has 0 spiro atoms. The number of ether oxygens (including phenoxy) is 4. The van der Waals surface area contributed by atoms with Crippen LogP contribution in [0, 0.1) is 11.8 Å². The Kier molecular flexibility index (Phi) is 7.46. The van der Waals surface area contributed by atoms with Crippen LogP contribution in [-0.2, 0) is 23.9 Å². The predicted molar refractivity (Wildman–Crippen MR) is 121 cm³/mol. The molecule has 1 N–H and O–H groups in total. The average molecular weight is 458 g/mol. The molecule has 0 amide bonds. The summed E-state index contributed by atoms with van der Waals surface area (Å²) < 4.78 is 21.4. The van der Waals surface area contributed by atoms with Crippen LogP contribution in [-0.4, -0.2) is 45.7 Å². The van der Waals surface area contributed by atoms with E-state index in [-0.39, 0.29) is 18.3 Å². The molecule has 178 valence electrons. The number of ketones is 1. The fourth-order valence-electron chi connectivity index (χ4n) is 4.60. The van der Waals surface area contributed by atoms with Gasteiger partial charge in [-0.3, -0.25) is 9.59 Å². The number of hydrogen-bond donors (Lipinski definition) is 1. The molecule has 0 unspecified atom stereocenters. The highest BCUT2D eigenvalue weighted by atomic mass is 16.5. The van der Waals surface area contributed by atoms with Crippen molar-refractivity contribution < 1.29 is 33.3 Å². The maximum atomic E-state index is 13.8. The van der Waals surface area contributed by atoms with Gasteiger partial charge in [0.1, 0.15) is 17.4 Å². The zero-order valence-electron chi connectivity index (χ0n) is 19.9. The van der Waals surface area contributed by atoms with Gasteiger partial charge in [0.2, 0.25) is 0 Å². The predicted octanol–water partition coefficient (Wildman–Crippen LogP) is 3.27. The van der Waals surface area contributed by atoms with Gasteiger partial charge < -0.3 is 24.3 Å². The molecule has 0 radical (unpaired) electrons. The van der Waals surface area contributed by atoms with E-state index in [0.29, 0.717) is 52.4 Å². The smallest absolute Gasteiger partial charge is 0.336 e. The van der Waals surface area contributed by atoms with Crippen molar-refractivity contribution in [3.8, 4) is 11.5 Å². The fourth-order valence-corrected chi connectivity index (χ4v) is 4.60. The van der Waals surface area contributed by atoms with E-state index in [0.717, 1.165) is 0 Å². The Bertz CT molecular complexity index is 1020. The molecule has 8 heteroatoms. The van der Waals surface area contributed by atoms with E-state index in [9.17, 15) is 14.4 Å². The summed E-state index contributed by atoms with van der Waals surface area (Å²) in [4.78, 5) is 39.5. The van der Waals surface area contributed by atoms with E-state index >= 15 is 0 Å². The molecule has 8 nitrogen and oxygen atoms in total. The number of hydrogen-bond acceptors (Lipinski definition) is 8. The third-order valence-electron chi connectivity index (χ3n) is 6.15. The fraction of sp³-hybridized carbons (Fsp3) is 0.480. The summed E-state index contributed by atoms with van der Waals surface area (Å²) in [5.74, 6) is -2.45. The topological polar surface area (TPSA) is 100 Å². The molecule has 0 bridgehead atoms. The summed E-state index contributed by atoms with van der Waals surface area (Å²) in [5.41, 5.74) is 2.53. The third kappa shape index (κ3) is 4.47. The largest absolute Gasteiger partial charge is 0.497 e. The van der Waals surface area contributed by atoms with Gasteiger partial charge in [0.25, 0.3) is 0 Å². The molecule has 0 aromatic heterocycles. The molecule has 3 rings (SSSR count). The van der Waals surface area contributed by atoms with Crippen LogP contribution in [0.25, 0.3) is 0 Å². The zero-order valence-corrected chi connectivity index (χ0v) is 19.9. The summed E-state index contributed by atoms with van der Waals surface area (Å²) >= 11 is 0. The molecule has 2 aliphatic rings. The Morgan fingerprint density at radius 2 is 1.88 bits per heavy atom. The Balaban J connectivity index is 2.25. The number of allylic oxidation sites excluding steroid dienone is 3. The first-order valence-electron chi connectivity index (χ1n) is 11.0. The minimum Gasteiger partial charge on any atom is -0.497 e. The number of carbonyl (C=O) groups is 3. The lowest BCUT2D eigenvalue weighted by Crippen LogP contribution is -2.43. The summed E-state index contributed by atoms with van der Waals surface area (Å²) in [6.45, 7) is 5.78. The van der Waals surface area contributed by atoms with Crippen molar-refractivity contribution in [3.63, 3.8) is 0 Å². The maximum absolute atomic E-state index is 13.8. The van der Waals surface area contributed by atoms with Crippen LogP contribution < -0.4 is 14.8 Å². The summed E-state index contributed by atoms with van der Waals surface area (Å²) in [6.07, 6.45) is 1.12. The third-order valence-corrected chi connectivity index (χ3v) is 6.15. The van der Waals surface area contributed by atoms with E-state index < -0.39 is 23.8 Å². The number of benzene rings is 1. The van der Waals surface area contributed by atoms with Gasteiger partial charge in [-0.25, -0.2) is 4.79 Å². The first-order valence-corrected chi connectivity index (χ1v) is 11.0. The molecule has 0 fully saturated rings. The normalized spacial score (nSPS) is 22.4. The number of dihydropyridines is 1. The molecule has 0 saturated carbocycles. The maximum Gasteiger partial charge on any atom is 0.336 e. The number of Topliss-reactive ketones (excluding diaryl/α,β-unsaturated/α-hetero) is 1. The highest BCUT2D eigenvalue weighted by Gasteiger charge is 2.48. The number of carbonyl (C=O) groups excluding carboxylic acids is 3. The van der Waals surface area contributed by atoms with Gasteiger partial charge in [-0.05, 0) is 43.9 Å². The van der Waals surface area contributed by atoms with Crippen molar-refractivity contribution in [2.24, 2.45) is 11.8 Å². The molecule has 3 atom stereocenters. The second kappa shape index (κ2) is 10.1. The van der Waals surface area contributed by atoms with E-state index in [1.165, 1.54) is 21.3 Å². The lowest BCUT2D eigenvalue weighted by atomic mass is 9.69. The highest BCUT2D eigenvalue weighted by molar-refractivity contribution is 6.12. The van der Waals surface area contributed by atoms with Crippen LogP contribution in [0.2, 0.25) is 0 Å². The molecular weight excluding hydrogens is 426 g/mol. The molecule has 1 aromatic carbocycles. The van der Waals surface area contributed by atoms with Crippen molar-refractivity contribution in [3.05, 3.63) is 46.3 Å². The van der Waals surface area contributed by atoms with Crippen LogP contribution in [0.3, 0.4) is 0 Å². The first kappa shape index (κ1) is 24.4. The number of methoxy groups -OCH3 is 3. The van der Waals surface area contributed by atoms with Crippen molar-refractivity contribution in [2.45, 2.75) is 39.5 Å². The zero-order chi connectivity index (χ0) is 24.3. The molecular formula is C25H31NO7. The standard InChI is InChI=1S/C25H31NO7/c1-7-10-33-25(29)20-14(3)26-17-11-13(2)19(24(28)32-6)23(27)22(17)21(20)16-12-15(30-4)8-9-18(16)31-5/h8-9,12-13,19,21,26H,7,10-11H2,1-6H3/t13-,19+,21-/m0/s1. The van der Waals surface area contributed by atoms with E-state index in [1.54, 1.807) is 25.1 Å². The summed E-state index contributed by atoms with van der Waals surface area (Å²) in [5, 5.41) is 3.24. The molecule has 33 heavy (non-hydrogen) atoms. The number of nitrogens with one attached hydrogen (secondary N) is 1. The quantitative estimate of drug-likeness (QED) is 0.492. The van der Waals surface area contributed by atoms with Crippen LogP contribution in [0.1, 0.15) is 45.1 Å². The van der Waals surface area contributed by atoms with Crippen molar-refractivity contribution in [2.75, 3.05) is 27.9 Å². The molecule has 1 aliphatic heterocycles. The summed E-state index contributed by atoms with van der Waals surface area (Å²) in [6, 6.07) is 5.22. The lowest BCUT2D eigenvalue weighted by Gasteiger charge is -2.38. The Morgan fingerprint density at radius 3 is 2.48 bits per heavy atom. The second-order valence-corrected chi connectivity index (χ2v) is 8.28. The Labute approximate surface area is 193 Å². The summed E-state index contributed by atoms with van der Waals surface area (Å²) in [7, 11) is 4.33. The van der Waals surface area contributed by atoms with Crippen LogP contribution in [0.15, 0.2) is 40.7 Å². The number of esters is 2. The highest BCUT2D eigenvalue weighted by Crippen LogP contribution is 2.48. The van der Waals surface area contributed by atoms with Gasteiger partial charge in [-0.15, -0.1) is 0 Å². The minimum atomic E-state index is -0.957. The van der Waals surface area contributed by atoms with Gasteiger partial charge in [-0.1, -0.05) is 13.8 Å². The van der Waals surface area contributed by atoms with Crippen LogP contribution >= 0.6 is 0 Å². The van der Waals surface area contributed by atoms with Gasteiger partial charge in [0, 0.05) is 22.5 Å². The molecule has 0 saturated heterocycles. The van der Waals surface area contributed by atoms with E-state index in [2.05, 4.69) is 5.32 Å². The SMILES string of the molecule is CCCOC(=O)C1=C(C)NC2=C(C(=O)[C@H](C(=O)OC)[C@@H](C)C2)[C@H]1c1cc(OC)ccc1OC. The number of rotatable bonds is 7. The van der Waals surface area contributed by atoms with Gasteiger partial charge in [0.15, 0.2) is 5.78 Å². The van der Waals surface area contributed by atoms with Gasteiger partial charge in [0.05, 0.1) is 39.4 Å². The minimum absolute atomic E-state index is 0.249. The van der Waals surface area contributed by atoms with Crippen molar-refractivity contribution in [1.29, 1.82) is 0 Å². The first-order chi connectivity index (χ1) is 15.8. The van der Waals surface area contributed by atoms with E-state index in [4.69, 9.17) is 18.9 Å². The van der Waals surface area contributed by atoms with Gasteiger partial charge >= 0.3 is 11.9 Å². The van der Waals surface area contributed by atoms with Gasteiger partial charge in [-0.2, -0.15) is 0 Å².